The highest BCUT2D eigenvalue weighted by Crippen LogP contribution is 2.33. The zero-order chi connectivity index (χ0) is 22.0. The second-order valence-corrected chi connectivity index (χ2v) is 6.83. The molecular weight excluding hydrogens is 393 g/mol. The van der Waals surface area contributed by atoms with Gasteiger partial charge in [-0.25, -0.2) is 9.37 Å². The fourth-order valence-corrected chi connectivity index (χ4v) is 3.56. The van der Waals surface area contributed by atoms with Gasteiger partial charge in [-0.2, -0.15) is 0 Å². The van der Waals surface area contributed by atoms with Crippen LogP contribution in [0.3, 0.4) is 0 Å². The minimum atomic E-state index is -0.311. The number of halogens is 1. The van der Waals surface area contributed by atoms with Crippen molar-refractivity contribution in [3.8, 4) is 22.5 Å². The second-order valence-electron chi connectivity index (χ2n) is 6.83. The molecule has 7 heteroatoms. The van der Waals surface area contributed by atoms with Gasteiger partial charge in [0.15, 0.2) is 11.9 Å². The van der Waals surface area contributed by atoms with Gasteiger partial charge in [-0.05, 0) is 62.0 Å². The summed E-state index contributed by atoms with van der Waals surface area (Å²) in [4.78, 5) is 24.6. The fourth-order valence-electron chi connectivity index (χ4n) is 3.56. The van der Waals surface area contributed by atoms with Crippen molar-refractivity contribution in [1.29, 1.82) is 0 Å². The summed E-state index contributed by atoms with van der Waals surface area (Å²) in [6.45, 7) is 2.04. The molecule has 6 nitrogen and oxygen atoms in total. The zero-order valence-corrected chi connectivity index (χ0v) is 17.1. The standard InChI is InChI=1S/C23H15FN4O.CH5N/c1-14-8-9-25-20-7-4-16(10-19(14)20)23-22(15-2-5-17(24)6-3-15)26-11-21-27-18(13-29)12-28(21)23;1-2/h2-13H,1H3;2H2,1H3. The number of imidazole rings is 1. The lowest BCUT2D eigenvalue weighted by Crippen LogP contribution is -1.98. The highest BCUT2D eigenvalue weighted by molar-refractivity contribution is 5.90. The van der Waals surface area contributed by atoms with E-state index in [0.717, 1.165) is 33.3 Å². The zero-order valence-electron chi connectivity index (χ0n) is 17.1. The lowest BCUT2D eigenvalue weighted by Gasteiger charge is -2.13. The van der Waals surface area contributed by atoms with Crippen LogP contribution in [0.2, 0.25) is 0 Å². The summed E-state index contributed by atoms with van der Waals surface area (Å²) in [5, 5.41) is 1.03. The molecular formula is C24H20FN5O. The number of carbonyl (C=O) groups excluding carboxylic acids is 1. The predicted octanol–water partition coefficient (Wildman–Crippen LogP) is 4.45. The van der Waals surface area contributed by atoms with Crippen LogP contribution in [0.1, 0.15) is 16.1 Å². The Balaban J connectivity index is 0.00000112. The Kier molecular flexibility index (Phi) is 5.51. The number of hydrogen-bond acceptors (Lipinski definition) is 5. The normalized spacial score (nSPS) is 10.7. The molecule has 0 atom stereocenters. The van der Waals surface area contributed by atoms with E-state index in [9.17, 15) is 9.18 Å². The van der Waals surface area contributed by atoms with Gasteiger partial charge >= 0.3 is 0 Å². The third-order valence-electron chi connectivity index (χ3n) is 5.00. The number of hydrogen-bond donors (Lipinski definition) is 1. The van der Waals surface area contributed by atoms with E-state index in [2.05, 4.69) is 26.8 Å². The van der Waals surface area contributed by atoms with Gasteiger partial charge in [-0.1, -0.05) is 6.07 Å². The first kappa shape index (κ1) is 20.3. The van der Waals surface area contributed by atoms with E-state index in [4.69, 9.17) is 0 Å². The molecule has 5 aromatic rings. The Hall–Kier alpha value is -3.97. The van der Waals surface area contributed by atoms with E-state index in [1.165, 1.54) is 19.2 Å². The van der Waals surface area contributed by atoms with Crippen molar-refractivity contribution < 1.29 is 9.18 Å². The molecule has 0 bridgehead atoms. The minimum Gasteiger partial charge on any atom is -0.333 e. The van der Waals surface area contributed by atoms with Crippen LogP contribution in [0.15, 0.2) is 67.1 Å². The number of nitrogens with two attached hydrogens (primary N) is 1. The van der Waals surface area contributed by atoms with Gasteiger partial charge < -0.3 is 5.73 Å². The Labute approximate surface area is 178 Å². The molecule has 0 aliphatic carbocycles. The van der Waals surface area contributed by atoms with Gasteiger partial charge in [0.2, 0.25) is 0 Å². The highest BCUT2D eigenvalue weighted by Gasteiger charge is 2.16. The van der Waals surface area contributed by atoms with E-state index in [1.54, 1.807) is 30.7 Å². The molecule has 0 saturated heterocycles. The first-order valence-electron chi connectivity index (χ1n) is 9.67. The number of carbonyl (C=O) groups is 1. The molecule has 0 unspecified atom stereocenters. The lowest BCUT2D eigenvalue weighted by molar-refractivity contribution is 0.111. The molecule has 2 N–H and O–H groups in total. The van der Waals surface area contributed by atoms with Crippen LogP contribution in [0.4, 0.5) is 4.39 Å². The summed E-state index contributed by atoms with van der Waals surface area (Å²) in [5.74, 6) is -0.311. The lowest BCUT2D eigenvalue weighted by atomic mass is 10.0. The van der Waals surface area contributed by atoms with E-state index < -0.39 is 0 Å². The van der Waals surface area contributed by atoms with Crippen molar-refractivity contribution in [2.24, 2.45) is 5.73 Å². The van der Waals surface area contributed by atoms with Gasteiger partial charge in [0, 0.05) is 28.9 Å². The van der Waals surface area contributed by atoms with Crippen LogP contribution in [0, 0.1) is 12.7 Å². The maximum Gasteiger partial charge on any atom is 0.170 e. The number of nitrogens with zero attached hydrogens (tertiary/aromatic N) is 4. The molecule has 0 radical (unpaired) electrons. The Bertz CT molecular complexity index is 1390. The number of rotatable bonds is 3. The van der Waals surface area contributed by atoms with Gasteiger partial charge in [0.05, 0.1) is 23.1 Å². The number of aromatic nitrogens is 4. The van der Waals surface area contributed by atoms with E-state index in [-0.39, 0.29) is 5.82 Å². The molecule has 154 valence electrons. The molecule has 0 amide bonds. The molecule has 5 rings (SSSR count). The van der Waals surface area contributed by atoms with Crippen molar-refractivity contribution in [1.82, 2.24) is 19.4 Å². The number of pyridine rings is 1. The van der Waals surface area contributed by atoms with E-state index in [1.807, 2.05) is 29.5 Å². The maximum absolute atomic E-state index is 13.5. The van der Waals surface area contributed by atoms with Crippen LogP contribution in [0.25, 0.3) is 39.1 Å². The summed E-state index contributed by atoms with van der Waals surface area (Å²) >= 11 is 0. The molecule has 0 spiro atoms. The summed E-state index contributed by atoms with van der Waals surface area (Å²) in [7, 11) is 1.50. The van der Waals surface area contributed by atoms with Crippen molar-refractivity contribution in [2.45, 2.75) is 6.92 Å². The molecule has 2 aromatic carbocycles. The summed E-state index contributed by atoms with van der Waals surface area (Å²) < 4.78 is 15.3. The number of aldehydes is 1. The molecule has 3 heterocycles. The Morgan fingerprint density at radius 2 is 1.74 bits per heavy atom. The molecule has 0 fully saturated rings. The third-order valence-corrected chi connectivity index (χ3v) is 5.00. The monoisotopic (exact) mass is 413 g/mol. The van der Waals surface area contributed by atoms with Crippen molar-refractivity contribution >= 4 is 22.8 Å². The summed E-state index contributed by atoms with van der Waals surface area (Å²) in [5.41, 5.74) is 10.5. The summed E-state index contributed by atoms with van der Waals surface area (Å²) in [6, 6.07) is 14.2. The van der Waals surface area contributed by atoms with Crippen molar-refractivity contribution in [2.75, 3.05) is 7.05 Å². The summed E-state index contributed by atoms with van der Waals surface area (Å²) in [6.07, 6.45) is 5.80. The van der Waals surface area contributed by atoms with Crippen LogP contribution in [-0.4, -0.2) is 32.7 Å². The van der Waals surface area contributed by atoms with Gasteiger partial charge in [0.1, 0.15) is 11.5 Å². The second kappa shape index (κ2) is 8.41. The average Bonchev–Trinajstić information content (AvgIpc) is 3.24. The fraction of sp³-hybridized carbons (Fsp3) is 0.0833. The first-order chi connectivity index (χ1) is 15.1. The van der Waals surface area contributed by atoms with Crippen LogP contribution >= 0.6 is 0 Å². The maximum atomic E-state index is 13.5. The minimum absolute atomic E-state index is 0.311. The first-order valence-corrected chi connectivity index (χ1v) is 9.67. The quantitative estimate of drug-likeness (QED) is 0.442. The van der Waals surface area contributed by atoms with E-state index in [0.29, 0.717) is 23.3 Å². The largest absolute Gasteiger partial charge is 0.333 e. The number of aryl methyl sites for hydroxylation is 1. The SMILES string of the molecule is CN.Cc1ccnc2ccc(-c3c(-c4ccc(F)cc4)ncc4nc(C=O)cn34)cc12. The van der Waals surface area contributed by atoms with Crippen molar-refractivity contribution in [3.05, 3.63) is 84.2 Å². The van der Waals surface area contributed by atoms with Gasteiger partial charge in [-0.15, -0.1) is 0 Å². The molecule has 3 aromatic heterocycles. The van der Waals surface area contributed by atoms with Gasteiger partial charge in [-0.3, -0.25) is 19.2 Å². The molecule has 0 aliphatic heterocycles. The molecule has 31 heavy (non-hydrogen) atoms. The van der Waals surface area contributed by atoms with Crippen molar-refractivity contribution in [3.63, 3.8) is 0 Å². The highest BCUT2D eigenvalue weighted by atomic mass is 19.1. The van der Waals surface area contributed by atoms with Gasteiger partial charge in [0.25, 0.3) is 0 Å². The van der Waals surface area contributed by atoms with Crippen LogP contribution in [-0.2, 0) is 0 Å². The van der Waals surface area contributed by atoms with Crippen LogP contribution in [0.5, 0.6) is 0 Å². The van der Waals surface area contributed by atoms with E-state index >= 15 is 0 Å². The average molecular weight is 413 g/mol. The van der Waals surface area contributed by atoms with Crippen LogP contribution < -0.4 is 5.73 Å². The third kappa shape index (κ3) is 3.67. The molecule has 0 aliphatic rings. The predicted molar refractivity (Wildman–Crippen MR) is 119 cm³/mol. The Morgan fingerprint density at radius 1 is 1.00 bits per heavy atom. The molecule has 0 saturated carbocycles. The number of fused-ring (bicyclic) bond motifs is 2. The Morgan fingerprint density at radius 3 is 2.48 bits per heavy atom. The smallest absolute Gasteiger partial charge is 0.170 e. The number of benzene rings is 2. The topological polar surface area (TPSA) is 86.2 Å².